The van der Waals surface area contributed by atoms with Gasteiger partial charge in [0.1, 0.15) is 4.88 Å². The van der Waals surface area contributed by atoms with Crippen LogP contribution >= 0.6 is 22.9 Å². The van der Waals surface area contributed by atoms with E-state index < -0.39 is 12.1 Å². The summed E-state index contributed by atoms with van der Waals surface area (Å²) in [5, 5.41) is 2.20. The Bertz CT molecular complexity index is 351. The predicted molar refractivity (Wildman–Crippen MR) is 53.0 cm³/mol. The molecule has 0 aromatic carbocycles. The number of hydrogen-bond acceptors (Lipinski definition) is 3. The van der Waals surface area contributed by atoms with Gasteiger partial charge in [-0.2, -0.15) is 0 Å². The van der Waals surface area contributed by atoms with E-state index in [0.29, 0.717) is 9.90 Å². The first-order chi connectivity index (χ1) is 6.13. The van der Waals surface area contributed by atoms with Crippen molar-refractivity contribution in [3.05, 3.63) is 21.3 Å². The van der Waals surface area contributed by atoms with Crippen LogP contribution in [0.25, 0.3) is 0 Å². The molecule has 0 spiro atoms. The number of rotatable bonds is 2. The van der Waals surface area contributed by atoms with E-state index in [-0.39, 0.29) is 0 Å². The average Bonchev–Trinajstić information content (AvgIpc) is 2.51. The van der Waals surface area contributed by atoms with Gasteiger partial charge in [0.25, 0.3) is 0 Å². The van der Waals surface area contributed by atoms with Crippen LogP contribution < -0.4 is 0 Å². The van der Waals surface area contributed by atoms with Crippen molar-refractivity contribution in [1.82, 2.24) is 0 Å². The van der Waals surface area contributed by atoms with E-state index in [0.717, 1.165) is 0 Å². The third-order valence-corrected chi connectivity index (χ3v) is 2.55. The van der Waals surface area contributed by atoms with Gasteiger partial charge < -0.3 is 4.74 Å². The summed E-state index contributed by atoms with van der Waals surface area (Å²) in [4.78, 5) is 11.7. The highest BCUT2D eigenvalue weighted by Gasteiger charge is 2.12. The summed E-state index contributed by atoms with van der Waals surface area (Å²) in [5.41, 5.74) is 0. The van der Waals surface area contributed by atoms with Gasteiger partial charge in [-0.05, 0) is 13.0 Å². The first kappa shape index (κ1) is 10.1. The Balaban J connectivity index is 2.65. The molecule has 1 aromatic heterocycles. The van der Waals surface area contributed by atoms with Crippen LogP contribution in [0.4, 0.5) is 0 Å². The van der Waals surface area contributed by atoms with E-state index in [2.05, 4.69) is 5.92 Å². The molecule has 0 aliphatic heterocycles. The van der Waals surface area contributed by atoms with E-state index in [1.54, 1.807) is 18.4 Å². The molecule has 1 rings (SSSR count). The van der Waals surface area contributed by atoms with Crippen LogP contribution in [0.2, 0.25) is 5.02 Å². The fraction of sp³-hybridized carbons (Fsp3) is 0.222. The lowest BCUT2D eigenvalue weighted by Gasteiger charge is -2.04. The molecule has 0 radical (unpaired) electrons. The Hall–Kier alpha value is -0.980. The molecule has 0 bridgehead atoms. The molecule has 0 aliphatic carbocycles. The first-order valence-electron chi connectivity index (χ1n) is 3.54. The molecule has 0 aliphatic rings. The summed E-state index contributed by atoms with van der Waals surface area (Å²) in [7, 11) is 0. The fourth-order valence-corrected chi connectivity index (χ4v) is 1.63. The third kappa shape index (κ3) is 2.76. The SMILES string of the molecule is C#CC(C)OC(=O)c1cc(Cl)cs1. The number of carbonyl (C=O) groups is 1. The molecule has 0 fully saturated rings. The van der Waals surface area contributed by atoms with Crippen molar-refractivity contribution in [2.75, 3.05) is 0 Å². The molecule has 2 nitrogen and oxygen atoms in total. The molecular formula is C9H7ClO2S. The van der Waals surface area contributed by atoms with E-state index in [4.69, 9.17) is 22.8 Å². The van der Waals surface area contributed by atoms with Crippen molar-refractivity contribution < 1.29 is 9.53 Å². The largest absolute Gasteiger partial charge is 0.445 e. The minimum absolute atomic E-state index is 0.428. The van der Waals surface area contributed by atoms with Crippen molar-refractivity contribution in [3.8, 4) is 12.3 Å². The third-order valence-electron chi connectivity index (χ3n) is 1.29. The molecule has 0 amide bonds. The number of hydrogen-bond donors (Lipinski definition) is 0. The number of esters is 1. The lowest BCUT2D eigenvalue weighted by molar-refractivity contribution is 0.0444. The summed E-state index contributed by atoms with van der Waals surface area (Å²) in [5.74, 6) is 1.87. The van der Waals surface area contributed by atoms with Crippen molar-refractivity contribution in [1.29, 1.82) is 0 Å². The predicted octanol–water partition coefficient (Wildman–Crippen LogP) is 2.58. The molecule has 1 heterocycles. The smallest absolute Gasteiger partial charge is 0.349 e. The van der Waals surface area contributed by atoms with Gasteiger partial charge >= 0.3 is 5.97 Å². The van der Waals surface area contributed by atoms with E-state index in [1.807, 2.05) is 0 Å². The minimum atomic E-state index is -0.506. The summed E-state index contributed by atoms with van der Waals surface area (Å²) in [6, 6.07) is 1.55. The van der Waals surface area contributed by atoms with Crippen molar-refractivity contribution in [2.45, 2.75) is 13.0 Å². The molecule has 1 unspecified atom stereocenters. The molecule has 0 saturated carbocycles. The van der Waals surface area contributed by atoms with Crippen LogP contribution in [0.15, 0.2) is 11.4 Å². The minimum Gasteiger partial charge on any atom is -0.445 e. The van der Waals surface area contributed by atoms with Gasteiger partial charge in [-0.25, -0.2) is 4.79 Å². The molecule has 68 valence electrons. The quantitative estimate of drug-likeness (QED) is 0.559. The summed E-state index contributed by atoms with van der Waals surface area (Å²) in [6.07, 6.45) is 4.55. The van der Waals surface area contributed by atoms with Gasteiger partial charge in [0.2, 0.25) is 0 Å². The number of carbonyl (C=O) groups excluding carboxylic acids is 1. The van der Waals surface area contributed by atoms with Crippen LogP contribution in [-0.4, -0.2) is 12.1 Å². The van der Waals surface area contributed by atoms with Gasteiger partial charge in [-0.15, -0.1) is 17.8 Å². The van der Waals surface area contributed by atoms with Crippen LogP contribution in [0.5, 0.6) is 0 Å². The van der Waals surface area contributed by atoms with Crippen LogP contribution in [0, 0.1) is 12.3 Å². The molecule has 13 heavy (non-hydrogen) atoms. The topological polar surface area (TPSA) is 26.3 Å². The van der Waals surface area contributed by atoms with Crippen LogP contribution in [0.3, 0.4) is 0 Å². The second-order valence-corrected chi connectivity index (χ2v) is 3.69. The fourth-order valence-electron chi connectivity index (χ4n) is 0.673. The Morgan fingerprint density at radius 1 is 1.85 bits per heavy atom. The maximum Gasteiger partial charge on any atom is 0.349 e. The normalized spacial score (nSPS) is 11.8. The van der Waals surface area contributed by atoms with Gasteiger partial charge in [0.05, 0.1) is 5.02 Å². The lowest BCUT2D eigenvalue weighted by atomic mass is 10.4. The van der Waals surface area contributed by atoms with Crippen molar-refractivity contribution in [2.24, 2.45) is 0 Å². The Kier molecular flexibility index (Phi) is 3.35. The number of terminal acetylenes is 1. The zero-order valence-corrected chi connectivity index (χ0v) is 8.48. The molecule has 1 aromatic rings. The monoisotopic (exact) mass is 214 g/mol. The summed E-state index contributed by atoms with van der Waals surface area (Å²) >= 11 is 6.87. The highest BCUT2D eigenvalue weighted by Crippen LogP contribution is 2.20. The number of thiophene rings is 1. The molecule has 4 heteroatoms. The second-order valence-electron chi connectivity index (χ2n) is 2.34. The first-order valence-corrected chi connectivity index (χ1v) is 4.80. The summed E-state index contributed by atoms with van der Waals surface area (Å²) in [6.45, 7) is 1.63. The maximum absolute atomic E-state index is 11.3. The van der Waals surface area contributed by atoms with Crippen molar-refractivity contribution in [3.63, 3.8) is 0 Å². The van der Waals surface area contributed by atoms with E-state index in [9.17, 15) is 4.79 Å². The zero-order valence-electron chi connectivity index (χ0n) is 6.91. The average molecular weight is 215 g/mol. The van der Waals surface area contributed by atoms with Gasteiger partial charge in [-0.3, -0.25) is 0 Å². The summed E-state index contributed by atoms with van der Waals surface area (Å²) < 4.78 is 4.88. The van der Waals surface area contributed by atoms with Crippen molar-refractivity contribution >= 4 is 28.9 Å². The number of halogens is 1. The molecule has 0 saturated heterocycles. The van der Waals surface area contributed by atoms with Crippen LogP contribution in [0.1, 0.15) is 16.6 Å². The van der Waals surface area contributed by atoms with E-state index >= 15 is 0 Å². The zero-order chi connectivity index (χ0) is 9.84. The molecule has 0 N–H and O–H groups in total. The highest BCUT2D eigenvalue weighted by atomic mass is 35.5. The Morgan fingerprint density at radius 3 is 3.00 bits per heavy atom. The molecule has 1 atom stereocenters. The highest BCUT2D eigenvalue weighted by molar-refractivity contribution is 7.12. The standard InChI is InChI=1S/C9H7ClO2S/c1-3-6(2)12-9(11)8-4-7(10)5-13-8/h1,4-6H,2H3. The van der Waals surface area contributed by atoms with Gasteiger partial charge in [0.15, 0.2) is 6.10 Å². The lowest BCUT2D eigenvalue weighted by Crippen LogP contribution is -2.11. The second kappa shape index (κ2) is 4.31. The Morgan fingerprint density at radius 2 is 2.54 bits per heavy atom. The maximum atomic E-state index is 11.3. The van der Waals surface area contributed by atoms with Gasteiger partial charge in [-0.1, -0.05) is 17.5 Å². The van der Waals surface area contributed by atoms with Gasteiger partial charge in [0, 0.05) is 5.38 Å². The number of ether oxygens (including phenoxy) is 1. The molecular weight excluding hydrogens is 208 g/mol. The van der Waals surface area contributed by atoms with Crippen LogP contribution in [-0.2, 0) is 4.74 Å². The Labute approximate surface area is 85.5 Å². The van der Waals surface area contributed by atoms with E-state index in [1.165, 1.54) is 11.3 Å².